The van der Waals surface area contributed by atoms with E-state index in [1.807, 2.05) is 13.8 Å². The topological polar surface area (TPSA) is 67.3 Å². The van der Waals surface area contributed by atoms with Crippen LogP contribution in [0.2, 0.25) is 0 Å². The molecule has 0 N–H and O–H groups in total. The first-order valence-electron chi connectivity index (χ1n) is 12.0. The van der Waals surface area contributed by atoms with Crippen molar-refractivity contribution in [3.8, 4) is 0 Å². The monoisotopic (exact) mass is 601 g/mol. The Kier molecular flexibility index (Phi) is 6.25. The van der Waals surface area contributed by atoms with Crippen LogP contribution in [-0.2, 0) is 27.7 Å². The van der Waals surface area contributed by atoms with Gasteiger partial charge in [-0.15, -0.1) is 0 Å². The number of aromatic nitrogens is 2. The van der Waals surface area contributed by atoms with Gasteiger partial charge in [0.05, 0.1) is 21.8 Å². The van der Waals surface area contributed by atoms with E-state index in [9.17, 15) is 18.3 Å². The lowest BCUT2D eigenvalue weighted by Gasteiger charge is -2.45. The predicted molar refractivity (Wildman–Crippen MR) is 130 cm³/mol. The van der Waals surface area contributed by atoms with Gasteiger partial charge in [-0.05, 0) is 41.0 Å². The smallest absolute Gasteiger partial charge is 0.417 e. The van der Waals surface area contributed by atoms with Crippen LogP contribution in [0.1, 0.15) is 98.0 Å². The molecule has 1 fully saturated rings. The Morgan fingerprint density at radius 1 is 1.20 bits per heavy atom. The minimum atomic E-state index is -4.47. The second-order valence-corrected chi connectivity index (χ2v) is 12.5. The fourth-order valence-corrected chi connectivity index (χ4v) is 6.86. The van der Waals surface area contributed by atoms with Crippen LogP contribution in [-0.4, -0.2) is 27.1 Å². The van der Waals surface area contributed by atoms with Gasteiger partial charge in [-0.3, -0.25) is 9.97 Å². The Morgan fingerprint density at radius 2 is 1.94 bits per heavy atom. The number of fused-ring (bicyclic) bond motifs is 4. The van der Waals surface area contributed by atoms with Crippen LogP contribution < -0.4 is 5.11 Å². The van der Waals surface area contributed by atoms with E-state index in [1.54, 1.807) is 0 Å². The van der Waals surface area contributed by atoms with E-state index in [1.165, 1.54) is 6.07 Å². The number of alkyl halides is 4. The average molecular weight is 601 g/mol. The third kappa shape index (κ3) is 4.20. The molecule has 0 amide bonds. The number of ether oxygens (including phenoxy) is 2. The van der Waals surface area contributed by atoms with Crippen LogP contribution in [0.25, 0.3) is 0 Å². The van der Waals surface area contributed by atoms with Gasteiger partial charge in [0.25, 0.3) is 0 Å². The summed E-state index contributed by atoms with van der Waals surface area (Å²) in [6, 6.07) is 2.43. The van der Waals surface area contributed by atoms with Crippen molar-refractivity contribution in [1.82, 2.24) is 9.97 Å². The number of halogens is 4. The molecule has 4 atom stereocenters. The van der Waals surface area contributed by atoms with Crippen molar-refractivity contribution in [3.05, 3.63) is 57.7 Å². The zero-order valence-corrected chi connectivity index (χ0v) is 22.4. The van der Waals surface area contributed by atoms with Gasteiger partial charge in [0.15, 0.2) is 0 Å². The third-order valence-electron chi connectivity index (χ3n) is 7.42. The van der Waals surface area contributed by atoms with Crippen molar-refractivity contribution in [1.29, 1.82) is 0 Å². The number of pyridine rings is 2. The normalized spacial score (nSPS) is 29.9. The van der Waals surface area contributed by atoms with E-state index in [-0.39, 0.29) is 15.3 Å². The van der Waals surface area contributed by atoms with Gasteiger partial charge in [0.2, 0.25) is 0 Å². The lowest BCUT2D eigenvalue weighted by Crippen LogP contribution is -2.46. The standard InChI is InChI=1S/C26H29F3IN2O3/c1-13(2)22-20-21(19-16(32-22)9-24(3,4)10-17(19)33)25(7-8-34-12-18(25)30)35-23(20)15-6-5-14(11-31-15)26(27,28)29/h5-6,11,13,17-18,23H,7-10,12H2,1-4H3/q-1/t17?,18?,23-,25?/m1/s1. The molecular formula is C26H29F3IN2O3-. The van der Waals surface area contributed by atoms with E-state index < -0.39 is 29.5 Å². The second kappa shape index (κ2) is 8.63. The molecule has 5 nitrogen and oxygen atoms in total. The van der Waals surface area contributed by atoms with Crippen molar-refractivity contribution >= 4 is 22.6 Å². The third-order valence-corrected chi connectivity index (χ3v) is 8.78. The number of nitrogens with zero attached hydrogens (tertiary/aromatic N) is 2. The molecule has 2 aromatic heterocycles. The Labute approximate surface area is 217 Å². The average Bonchev–Trinajstić information content (AvgIpc) is 3.09. The molecule has 5 rings (SSSR count). The van der Waals surface area contributed by atoms with Crippen molar-refractivity contribution in [2.75, 3.05) is 13.2 Å². The van der Waals surface area contributed by atoms with E-state index >= 15 is 0 Å². The maximum atomic E-state index is 13.7. The molecule has 0 radical (unpaired) electrons. The molecule has 4 heterocycles. The fraction of sp³-hybridized carbons (Fsp3) is 0.615. The summed E-state index contributed by atoms with van der Waals surface area (Å²) in [7, 11) is 0. The fourth-order valence-electron chi connectivity index (χ4n) is 5.84. The molecule has 3 aliphatic rings. The molecule has 0 bridgehead atoms. The predicted octanol–water partition coefficient (Wildman–Crippen LogP) is 5.53. The molecule has 1 aliphatic carbocycles. The highest BCUT2D eigenvalue weighted by Gasteiger charge is 2.55. The van der Waals surface area contributed by atoms with E-state index in [0.717, 1.165) is 40.3 Å². The summed E-state index contributed by atoms with van der Waals surface area (Å²) < 4.78 is 52.1. The Balaban J connectivity index is 1.77. The van der Waals surface area contributed by atoms with Gasteiger partial charge >= 0.3 is 6.18 Å². The molecule has 1 spiro atoms. The quantitative estimate of drug-likeness (QED) is 0.335. The van der Waals surface area contributed by atoms with Crippen molar-refractivity contribution in [2.24, 2.45) is 5.41 Å². The minimum absolute atomic E-state index is 0.0346. The molecule has 2 aliphatic heterocycles. The SMILES string of the molecule is CC(C)c1nc2c(c3c1[C@@H](c1ccc(C(F)(F)F)cn1)OC31CCOCC1I)C([O-])CC(C)(C)C2. The Morgan fingerprint density at radius 3 is 2.54 bits per heavy atom. The van der Waals surface area contributed by atoms with Gasteiger partial charge in [-0.2, -0.15) is 13.2 Å². The molecule has 3 unspecified atom stereocenters. The molecular weight excluding hydrogens is 572 g/mol. The summed E-state index contributed by atoms with van der Waals surface area (Å²) in [5.41, 5.74) is 2.77. The van der Waals surface area contributed by atoms with Crippen molar-refractivity contribution < 1.29 is 27.8 Å². The summed E-state index contributed by atoms with van der Waals surface area (Å²) in [5.74, 6) is 0.0346. The van der Waals surface area contributed by atoms with Crippen molar-refractivity contribution in [2.45, 2.75) is 80.8 Å². The van der Waals surface area contributed by atoms with Gasteiger partial charge in [-0.1, -0.05) is 62.8 Å². The summed E-state index contributed by atoms with van der Waals surface area (Å²) >= 11 is 2.33. The zero-order valence-electron chi connectivity index (χ0n) is 20.2. The molecule has 9 heteroatoms. The van der Waals surface area contributed by atoms with Gasteiger partial charge < -0.3 is 14.6 Å². The first-order valence-corrected chi connectivity index (χ1v) is 13.2. The Hall–Kier alpha value is -1.30. The van der Waals surface area contributed by atoms with Gasteiger partial charge in [0.1, 0.15) is 11.7 Å². The van der Waals surface area contributed by atoms with Crippen LogP contribution in [0.15, 0.2) is 18.3 Å². The van der Waals surface area contributed by atoms with Gasteiger partial charge in [0, 0.05) is 36.2 Å². The summed E-state index contributed by atoms with van der Waals surface area (Å²) in [5, 5.41) is 13.7. The number of rotatable bonds is 2. The largest absolute Gasteiger partial charge is 0.848 e. The highest BCUT2D eigenvalue weighted by molar-refractivity contribution is 14.1. The molecule has 2 aromatic rings. The van der Waals surface area contributed by atoms with E-state index in [4.69, 9.17) is 14.5 Å². The van der Waals surface area contributed by atoms with Crippen LogP contribution in [0, 0.1) is 5.41 Å². The summed E-state index contributed by atoms with van der Waals surface area (Å²) in [6.45, 7) is 9.24. The van der Waals surface area contributed by atoms with Gasteiger partial charge in [-0.25, -0.2) is 0 Å². The highest BCUT2D eigenvalue weighted by Crippen LogP contribution is 2.58. The summed E-state index contributed by atoms with van der Waals surface area (Å²) in [4.78, 5) is 9.24. The van der Waals surface area contributed by atoms with Crippen molar-refractivity contribution in [3.63, 3.8) is 0 Å². The molecule has 0 saturated carbocycles. The lowest BCUT2D eigenvalue weighted by atomic mass is 9.70. The lowest BCUT2D eigenvalue weighted by molar-refractivity contribution is -0.434. The number of hydrogen-bond acceptors (Lipinski definition) is 5. The first-order chi connectivity index (χ1) is 16.3. The molecule has 190 valence electrons. The number of hydrogen-bond donors (Lipinski definition) is 0. The second-order valence-electron chi connectivity index (χ2n) is 11.0. The maximum Gasteiger partial charge on any atom is 0.417 e. The zero-order chi connectivity index (χ0) is 25.3. The minimum Gasteiger partial charge on any atom is -0.848 e. The van der Waals surface area contributed by atoms with Crippen LogP contribution >= 0.6 is 22.6 Å². The van der Waals surface area contributed by atoms with E-state index in [0.29, 0.717) is 38.2 Å². The van der Waals surface area contributed by atoms with Crippen LogP contribution in [0.3, 0.4) is 0 Å². The molecule has 35 heavy (non-hydrogen) atoms. The molecule has 1 saturated heterocycles. The van der Waals surface area contributed by atoms with Crippen LogP contribution in [0.4, 0.5) is 13.2 Å². The molecule has 0 aromatic carbocycles. The maximum absolute atomic E-state index is 13.7. The van der Waals surface area contributed by atoms with E-state index in [2.05, 4.69) is 41.4 Å². The first kappa shape index (κ1) is 25.4. The van der Waals surface area contributed by atoms with Crippen LogP contribution in [0.5, 0.6) is 0 Å². The highest BCUT2D eigenvalue weighted by atomic mass is 127. The Bertz CT molecular complexity index is 1140. The summed E-state index contributed by atoms with van der Waals surface area (Å²) in [6.07, 6.45) is -3.49.